The van der Waals surface area contributed by atoms with Gasteiger partial charge in [0, 0.05) is 12.2 Å². The number of hydrogen-bond acceptors (Lipinski definition) is 2. The minimum atomic E-state index is 0.932. The molecule has 1 aromatic rings. The number of anilines is 1. The summed E-state index contributed by atoms with van der Waals surface area (Å²) in [5, 5.41) is 3.60. The van der Waals surface area contributed by atoms with Crippen molar-refractivity contribution in [3.05, 3.63) is 24.3 Å². The SMILES string of the molecule is COc1ccc(NCCC2C3CC4CC(C3)CC2C4)cc1. The van der Waals surface area contributed by atoms with Crippen molar-refractivity contribution in [3.63, 3.8) is 0 Å². The maximum atomic E-state index is 5.21. The van der Waals surface area contributed by atoms with Gasteiger partial charge in [0.15, 0.2) is 0 Å². The van der Waals surface area contributed by atoms with Crippen LogP contribution >= 0.6 is 0 Å². The third-order valence-electron chi connectivity index (χ3n) is 6.32. The molecule has 114 valence electrons. The first kappa shape index (κ1) is 13.5. The van der Waals surface area contributed by atoms with Gasteiger partial charge in [-0.1, -0.05) is 0 Å². The van der Waals surface area contributed by atoms with E-state index in [2.05, 4.69) is 17.4 Å². The maximum absolute atomic E-state index is 5.21. The molecule has 0 heterocycles. The zero-order valence-electron chi connectivity index (χ0n) is 13.1. The Morgan fingerprint density at radius 3 is 2.14 bits per heavy atom. The van der Waals surface area contributed by atoms with E-state index < -0.39 is 0 Å². The Bertz CT molecular complexity index is 453. The third kappa shape index (κ3) is 2.65. The van der Waals surface area contributed by atoms with Crippen molar-refractivity contribution >= 4 is 5.69 Å². The maximum Gasteiger partial charge on any atom is 0.119 e. The van der Waals surface area contributed by atoms with Gasteiger partial charge in [0.1, 0.15) is 5.75 Å². The van der Waals surface area contributed by atoms with E-state index in [4.69, 9.17) is 4.74 Å². The minimum absolute atomic E-state index is 0.932. The molecule has 21 heavy (non-hydrogen) atoms. The first-order valence-electron chi connectivity index (χ1n) is 8.69. The standard InChI is InChI=1S/C19H27NO/c1-21-18-4-2-17(3-5-18)20-7-6-19-15-9-13-8-14(11-15)12-16(19)10-13/h2-5,13-16,19-20H,6-12H2,1H3. The lowest BCUT2D eigenvalue weighted by Crippen LogP contribution is -2.45. The average Bonchev–Trinajstić information content (AvgIpc) is 2.50. The van der Waals surface area contributed by atoms with Crippen molar-refractivity contribution in [2.75, 3.05) is 19.0 Å². The second kappa shape index (κ2) is 5.55. The largest absolute Gasteiger partial charge is 0.497 e. The smallest absolute Gasteiger partial charge is 0.119 e. The fourth-order valence-corrected chi connectivity index (χ4v) is 5.60. The van der Waals surface area contributed by atoms with Crippen molar-refractivity contribution < 1.29 is 4.74 Å². The predicted molar refractivity (Wildman–Crippen MR) is 86.6 cm³/mol. The minimum Gasteiger partial charge on any atom is -0.497 e. The molecule has 4 bridgehead atoms. The average molecular weight is 285 g/mol. The van der Waals surface area contributed by atoms with E-state index in [1.807, 2.05) is 12.1 Å². The Kier molecular flexibility index (Phi) is 3.56. The fourth-order valence-electron chi connectivity index (χ4n) is 5.60. The van der Waals surface area contributed by atoms with Gasteiger partial charge in [0.25, 0.3) is 0 Å². The number of nitrogens with one attached hydrogen (secondary N) is 1. The summed E-state index contributed by atoms with van der Waals surface area (Å²) in [6.07, 6.45) is 9.09. The molecule has 0 radical (unpaired) electrons. The van der Waals surface area contributed by atoms with Crippen molar-refractivity contribution in [2.24, 2.45) is 29.6 Å². The van der Waals surface area contributed by atoms with Gasteiger partial charge in [-0.15, -0.1) is 0 Å². The zero-order chi connectivity index (χ0) is 14.2. The second-order valence-electron chi connectivity index (χ2n) is 7.54. The lowest BCUT2D eigenvalue weighted by atomic mass is 9.51. The van der Waals surface area contributed by atoms with E-state index in [0.717, 1.165) is 41.9 Å². The molecule has 0 atom stereocenters. The van der Waals surface area contributed by atoms with E-state index >= 15 is 0 Å². The topological polar surface area (TPSA) is 21.3 Å². The molecular weight excluding hydrogens is 258 g/mol. The van der Waals surface area contributed by atoms with Crippen molar-refractivity contribution in [1.82, 2.24) is 0 Å². The van der Waals surface area contributed by atoms with Crippen LogP contribution in [0.15, 0.2) is 24.3 Å². The summed E-state index contributed by atoms with van der Waals surface area (Å²) in [5.41, 5.74) is 1.22. The quantitative estimate of drug-likeness (QED) is 0.855. The lowest BCUT2D eigenvalue weighted by Gasteiger charge is -2.54. The summed E-state index contributed by atoms with van der Waals surface area (Å²) in [7, 11) is 1.72. The number of methoxy groups -OCH3 is 1. The van der Waals surface area contributed by atoms with Crippen LogP contribution in [0.4, 0.5) is 5.69 Å². The summed E-state index contributed by atoms with van der Waals surface area (Å²) in [6, 6.07) is 8.31. The van der Waals surface area contributed by atoms with E-state index in [0.29, 0.717) is 0 Å². The summed E-state index contributed by atoms with van der Waals surface area (Å²) in [6.45, 7) is 1.12. The molecule has 4 fully saturated rings. The highest BCUT2D eigenvalue weighted by atomic mass is 16.5. The Labute approximate surface area is 128 Å². The molecule has 1 N–H and O–H groups in total. The van der Waals surface area contributed by atoms with Crippen LogP contribution < -0.4 is 10.1 Å². The summed E-state index contributed by atoms with van der Waals surface area (Å²) < 4.78 is 5.21. The van der Waals surface area contributed by atoms with Gasteiger partial charge in [0.2, 0.25) is 0 Å². The van der Waals surface area contributed by atoms with Gasteiger partial charge in [-0.3, -0.25) is 0 Å². The molecule has 2 nitrogen and oxygen atoms in total. The van der Waals surface area contributed by atoms with Crippen LogP contribution in [0, 0.1) is 29.6 Å². The van der Waals surface area contributed by atoms with Crippen LogP contribution in [0.5, 0.6) is 5.75 Å². The van der Waals surface area contributed by atoms with E-state index in [-0.39, 0.29) is 0 Å². The molecule has 0 aliphatic heterocycles. The van der Waals surface area contributed by atoms with Gasteiger partial charge in [-0.2, -0.15) is 0 Å². The molecule has 5 rings (SSSR count). The zero-order valence-corrected chi connectivity index (χ0v) is 13.1. The molecular formula is C19H27NO. The Morgan fingerprint density at radius 2 is 1.57 bits per heavy atom. The molecule has 0 saturated heterocycles. The highest BCUT2D eigenvalue weighted by Crippen LogP contribution is 2.57. The normalized spacial score (nSPS) is 36.7. The highest BCUT2D eigenvalue weighted by Gasteiger charge is 2.47. The van der Waals surface area contributed by atoms with Crippen molar-refractivity contribution in [1.29, 1.82) is 0 Å². The first-order chi connectivity index (χ1) is 10.3. The molecule has 0 spiro atoms. The van der Waals surface area contributed by atoms with Crippen LogP contribution in [-0.2, 0) is 0 Å². The fraction of sp³-hybridized carbons (Fsp3) is 0.684. The molecule has 1 aromatic carbocycles. The van der Waals surface area contributed by atoms with Crippen LogP contribution in [0.25, 0.3) is 0 Å². The second-order valence-corrected chi connectivity index (χ2v) is 7.54. The van der Waals surface area contributed by atoms with Gasteiger partial charge in [-0.25, -0.2) is 0 Å². The van der Waals surface area contributed by atoms with Gasteiger partial charge in [-0.05, 0) is 92.4 Å². The molecule has 0 amide bonds. The van der Waals surface area contributed by atoms with Gasteiger partial charge in [0.05, 0.1) is 7.11 Å². The van der Waals surface area contributed by atoms with E-state index in [1.54, 1.807) is 39.2 Å². The predicted octanol–water partition coefficient (Wildman–Crippen LogP) is 4.57. The Balaban J connectivity index is 1.30. The van der Waals surface area contributed by atoms with Crippen LogP contribution in [0.2, 0.25) is 0 Å². The monoisotopic (exact) mass is 285 g/mol. The van der Waals surface area contributed by atoms with Crippen LogP contribution in [0.3, 0.4) is 0 Å². The van der Waals surface area contributed by atoms with Crippen LogP contribution in [0.1, 0.15) is 38.5 Å². The lowest BCUT2D eigenvalue weighted by molar-refractivity contribution is -0.0381. The molecule has 2 heteroatoms. The molecule has 0 unspecified atom stereocenters. The molecule has 0 aromatic heterocycles. The number of ether oxygens (including phenoxy) is 1. The summed E-state index contributed by atoms with van der Waals surface area (Å²) in [4.78, 5) is 0. The van der Waals surface area contributed by atoms with Gasteiger partial charge >= 0.3 is 0 Å². The van der Waals surface area contributed by atoms with Gasteiger partial charge < -0.3 is 10.1 Å². The highest BCUT2D eigenvalue weighted by molar-refractivity contribution is 5.46. The summed E-state index contributed by atoms with van der Waals surface area (Å²) in [5.74, 6) is 6.24. The number of hydrogen-bond donors (Lipinski definition) is 1. The van der Waals surface area contributed by atoms with E-state index in [9.17, 15) is 0 Å². The molecule has 4 aliphatic rings. The number of rotatable bonds is 5. The Morgan fingerprint density at radius 1 is 0.952 bits per heavy atom. The third-order valence-corrected chi connectivity index (χ3v) is 6.32. The van der Waals surface area contributed by atoms with E-state index in [1.165, 1.54) is 12.1 Å². The van der Waals surface area contributed by atoms with Crippen LogP contribution in [-0.4, -0.2) is 13.7 Å². The molecule has 4 aliphatic carbocycles. The first-order valence-corrected chi connectivity index (χ1v) is 8.69. The van der Waals surface area contributed by atoms with Crippen molar-refractivity contribution in [2.45, 2.75) is 38.5 Å². The Hall–Kier alpha value is -1.18. The van der Waals surface area contributed by atoms with Crippen molar-refractivity contribution in [3.8, 4) is 5.75 Å². The molecule has 4 saturated carbocycles. The summed E-state index contributed by atoms with van der Waals surface area (Å²) >= 11 is 0. The number of benzene rings is 1.